The molecule has 0 spiro atoms. The van der Waals surface area contributed by atoms with E-state index in [1.54, 1.807) is 18.2 Å². The van der Waals surface area contributed by atoms with Crippen LogP contribution in [0.5, 0.6) is 0 Å². The number of anilines is 1. The van der Waals surface area contributed by atoms with Crippen LogP contribution in [0.3, 0.4) is 0 Å². The minimum atomic E-state index is -3.62. The molecule has 0 fully saturated rings. The van der Waals surface area contributed by atoms with E-state index in [0.717, 1.165) is 10.7 Å². The smallest absolute Gasteiger partial charge is 0.256 e. The number of nitrogens with one attached hydrogen (secondary N) is 2. The van der Waals surface area contributed by atoms with Gasteiger partial charge in [-0.1, -0.05) is 13.3 Å². The fourth-order valence-corrected chi connectivity index (χ4v) is 4.23. The van der Waals surface area contributed by atoms with Crippen molar-refractivity contribution < 1.29 is 17.6 Å². The van der Waals surface area contributed by atoms with Crippen molar-refractivity contribution in [3.63, 3.8) is 0 Å². The number of nitrogens with zero attached hydrogens (tertiary/aromatic N) is 4. The second-order valence-corrected chi connectivity index (χ2v) is 10.0. The van der Waals surface area contributed by atoms with Gasteiger partial charge >= 0.3 is 0 Å². The van der Waals surface area contributed by atoms with Crippen LogP contribution >= 0.6 is 0 Å². The van der Waals surface area contributed by atoms with Crippen LogP contribution < -0.4 is 10.9 Å². The Labute approximate surface area is 201 Å². The van der Waals surface area contributed by atoms with Crippen LogP contribution in [-0.2, 0) is 16.4 Å². The van der Waals surface area contributed by atoms with Crippen molar-refractivity contribution in [3.05, 3.63) is 76.4 Å². The van der Waals surface area contributed by atoms with E-state index in [9.17, 15) is 18.0 Å². The van der Waals surface area contributed by atoms with Crippen LogP contribution in [0.2, 0.25) is 0 Å². The SMILES string of the molecule is CCCc1cc(=O)[nH]c(-n2nc(-c3ccco3)cc2NC(=O)c2ccc(S(=O)(=O)N(C)C)cc2)n1. The quantitative estimate of drug-likeness (QED) is 0.382. The van der Waals surface area contributed by atoms with Gasteiger partial charge in [0.25, 0.3) is 11.5 Å². The molecule has 2 N–H and O–H groups in total. The van der Waals surface area contributed by atoms with E-state index >= 15 is 0 Å². The molecule has 0 saturated heterocycles. The van der Waals surface area contributed by atoms with Gasteiger partial charge in [-0.3, -0.25) is 14.6 Å². The van der Waals surface area contributed by atoms with Crippen molar-refractivity contribution >= 4 is 21.7 Å². The van der Waals surface area contributed by atoms with Crippen molar-refractivity contribution in [1.82, 2.24) is 24.1 Å². The number of rotatable bonds is 8. The second kappa shape index (κ2) is 9.68. The molecule has 0 aliphatic carbocycles. The van der Waals surface area contributed by atoms with Gasteiger partial charge in [0.15, 0.2) is 5.76 Å². The number of aromatic nitrogens is 4. The lowest BCUT2D eigenvalue weighted by Gasteiger charge is -2.12. The van der Waals surface area contributed by atoms with E-state index in [1.165, 1.54) is 55.4 Å². The predicted octanol–water partition coefficient (Wildman–Crippen LogP) is 2.67. The van der Waals surface area contributed by atoms with Crippen molar-refractivity contribution in [1.29, 1.82) is 0 Å². The summed E-state index contributed by atoms with van der Waals surface area (Å²) in [6, 6.07) is 12.0. The molecule has 4 rings (SSSR count). The minimum Gasteiger partial charge on any atom is -0.463 e. The fourth-order valence-electron chi connectivity index (χ4n) is 3.33. The standard InChI is InChI=1S/C23H24N6O5S/c1-4-6-16-13-21(30)26-23(24-16)29-20(14-18(27-29)19-7-5-12-34-19)25-22(31)15-8-10-17(11-9-15)35(32,33)28(2)3/h5,7-14H,4,6H2,1-3H3,(H,25,31)(H,24,26,30). The largest absolute Gasteiger partial charge is 0.463 e. The second-order valence-electron chi connectivity index (χ2n) is 7.88. The highest BCUT2D eigenvalue weighted by Crippen LogP contribution is 2.25. The van der Waals surface area contributed by atoms with Crippen molar-refractivity contribution in [3.8, 4) is 17.4 Å². The van der Waals surface area contributed by atoms with E-state index < -0.39 is 15.9 Å². The number of carbonyl (C=O) groups is 1. The Bertz CT molecular complexity index is 1500. The van der Waals surface area contributed by atoms with Crippen LogP contribution in [0.15, 0.2) is 68.9 Å². The molecule has 11 nitrogen and oxygen atoms in total. The van der Waals surface area contributed by atoms with Gasteiger partial charge in [-0.2, -0.15) is 9.78 Å². The first-order valence-corrected chi connectivity index (χ1v) is 12.2. The van der Waals surface area contributed by atoms with Crippen molar-refractivity contribution in [2.45, 2.75) is 24.7 Å². The Morgan fingerprint density at radius 3 is 2.54 bits per heavy atom. The van der Waals surface area contributed by atoms with E-state index in [-0.39, 0.29) is 27.8 Å². The summed E-state index contributed by atoms with van der Waals surface area (Å²) in [5.41, 5.74) is 0.900. The molecule has 3 aromatic heterocycles. The average molecular weight is 497 g/mol. The third kappa shape index (κ3) is 5.08. The number of amides is 1. The average Bonchev–Trinajstić information content (AvgIpc) is 3.49. The number of aryl methyl sites for hydroxylation is 1. The van der Waals surface area contributed by atoms with Gasteiger partial charge in [0.1, 0.15) is 11.5 Å². The minimum absolute atomic E-state index is 0.0683. The number of benzene rings is 1. The third-order valence-corrected chi connectivity index (χ3v) is 6.94. The molecule has 0 bridgehead atoms. The Morgan fingerprint density at radius 2 is 1.91 bits per heavy atom. The summed E-state index contributed by atoms with van der Waals surface area (Å²) >= 11 is 0. The molecule has 35 heavy (non-hydrogen) atoms. The molecule has 4 aromatic rings. The Balaban J connectivity index is 1.70. The Morgan fingerprint density at radius 1 is 1.17 bits per heavy atom. The van der Waals surface area contributed by atoms with Gasteiger partial charge in [-0.15, -0.1) is 0 Å². The van der Waals surface area contributed by atoms with Gasteiger partial charge in [0.05, 0.1) is 11.2 Å². The van der Waals surface area contributed by atoms with E-state index in [0.29, 0.717) is 23.6 Å². The molecule has 1 aromatic carbocycles. The van der Waals surface area contributed by atoms with Gasteiger partial charge in [-0.05, 0) is 42.8 Å². The lowest BCUT2D eigenvalue weighted by Crippen LogP contribution is -2.22. The number of sulfonamides is 1. The molecule has 0 unspecified atom stereocenters. The predicted molar refractivity (Wildman–Crippen MR) is 129 cm³/mol. The fraction of sp³-hybridized carbons (Fsp3) is 0.217. The van der Waals surface area contributed by atoms with Crippen LogP contribution in [0.25, 0.3) is 17.4 Å². The number of carbonyl (C=O) groups excluding carboxylic acids is 1. The van der Waals surface area contributed by atoms with Crippen molar-refractivity contribution in [2.75, 3.05) is 19.4 Å². The molecule has 0 aliphatic rings. The maximum atomic E-state index is 13.0. The van der Waals surface area contributed by atoms with Crippen LogP contribution in [0.4, 0.5) is 5.82 Å². The molecule has 0 atom stereocenters. The first kappa shape index (κ1) is 24.1. The zero-order valence-corrected chi connectivity index (χ0v) is 20.2. The van der Waals surface area contributed by atoms with Gasteiger partial charge in [0, 0.05) is 37.5 Å². The summed E-state index contributed by atoms with van der Waals surface area (Å²) in [6.45, 7) is 1.98. The molecular weight excluding hydrogens is 472 g/mol. The molecule has 3 heterocycles. The summed E-state index contributed by atoms with van der Waals surface area (Å²) in [5.74, 6) is 0.340. The maximum absolute atomic E-state index is 13.0. The van der Waals surface area contributed by atoms with E-state index in [1.807, 2.05) is 6.92 Å². The number of aromatic amines is 1. The molecule has 0 aliphatic heterocycles. The zero-order valence-electron chi connectivity index (χ0n) is 19.3. The summed E-state index contributed by atoms with van der Waals surface area (Å²) < 4.78 is 32.4. The van der Waals surface area contributed by atoms with Gasteiger partial charge in [-0.25, -0.2) is 17.7 Å². The van der Waals surface area contributed by atoms with Crippen LogP contribution in [0.1, 0.15) is 29.4 Å². The Hall–Kier alpha value is -4.03. The summed E-state index contributed by atoms with van der Waals surface area (Å²) in [6.07, 6.45) is 2.90. The molecule has 1 amide bonds. The van der Waals surface area contributed by atoms with Crippen LogP contribution in [-0.4, -0.2) is 52.5 Å². The first-order chi connectivity index (χ1) is 16.7. The first-order valence-electron chi connectivity index (χ1n) is 10.8. The molecule has 12 heteroatoms. The highest BCUT2D eigenvalue weighted by atomic mass is 32.2. The topological polar surface area (TPSA) is 143 Å². The van der Waals surface area contributed by atoms with Gasteiger partial charge in [0.2, 0.25) is 16.0 Å². The number of H-pyrrole nitrogens is 1. The number of hydrogen-bond acceptors (Lipinski definition) is 7. The molecular formula is C23H24N6O5S. The summed E-state index contributed by atoms with van der Waals surface area (Å²) in [4.78, 5) is 32.4. The van der Waals surface area contributed by atoms with Crippen molar-refractivity contribution in [2.24, 2.45) is 0 Å². The molecule has 182 valence electrons. The highest BCUT2D eigenvalue weighted by molar-refractivity contribution is 7.89. The molecule has 0 radical (unpaired) electrons. The number of hydrogen-bond donors (Lipinski definition) is 2. The van der Waals surface area contributed by atoms with E-state index in [2.05, 4.69) is 20.4 Å². The summed E-state index contributed by atoms with van der Waals surface area (Å²) in [5, 5.41) is 7.23. The van der Waals surface area contributed by atoms with Gasteiger partial charge < -0.3 is 9.73 Å². The normalized spacial score (nSPS) is 11.7. The zero-order chi connectivity index (χ0) is 25.2. The van der Waals surface area contributed by atoms with E-state index in [4.69, 9.17) is 4.42 Å². The Kier molecular flexibility index (Phi) is 6.67. The third-order valence-electron chi connectivity index (χ3n) is 5.11. The molecule has 0 saturated carbocycles. The summed E-state index contributed by atoms with van der Waals surface area (Å²) in [7, 11) is -0.756. The number of furan rings is 1. The maximum Gasteiger partial charge on any atom is 0.256 e. The lowest BCUT2D eigenvalue weighted by molar-refractivity contribution is 0.102. The van der Waals surface area contributed by atoms with Crippen LogP contribution in [0, 0.1) is 0 Å². The monoisotopic (exact) mass is 496 g/mol. The lowest BCUT2D eigenvalue weighted by atomic mass is 10.2. The highest BCUT2D eigenvalue weighted by Gasteiger charge is 2.20.